The van der Waals surface area contributed by atoms with Crippen molar-refractivity contribution in [2.24, 2.45) is 5.73 Å². The average Bonchev–Trinajstić information content (AvgIpc) is 2.40. The lowest BCUT2D eigenvalue weighted by Gasteiger charge is -2.10. The molecule has 0 saturated heterocycles. The molecule has 4 N–H and O–H groups in total. The topological polar surface area (TPSA) is 105 Å². The van der Waals surface area contributed by atoms with E-state index in [0.29, 0.717) is 27.2 Å². The van der Waals surface area contributed by atoms with Crippen molar-refractivity contribution in [2.75, 3.05) is 5.32 Å². The highest BCUT2D eigenvalue weighted by molar-refractivity contribution is 9.10. The minimum Gasteiger partial charge on any atom is -0.478 e. The smallest absolute Gasteiger partial charge is 0.335 e. The number of carboxylic acids is 1. The lowest BCUT2D eigenvalue weighted by molar-refractivity contribution is 0.0696. The Bertz CT molecular complexity index is 731. The first-order valence-electron chi connectivity index (χ1n) is 5.95. The maximum atomic E-state index is 11.2. The standard InChI is InChI=1S/C14H12BrN3O3/c1-7-4-9(13(16)19)6-12(17-7)18-11-3-2-8(14(20)21)5-10(11)15/h2-6H,1H3,(H2,16,19)(H,17,18)(H,20,21). The van der Waals surface area contributed by atoms with E-state index >= 15 is 0 Å². The number of rotatable bonds is 4. The van der Waals surface area contributed by atoms with Gasteiger partial charge in [-0.3, -0.25) is 4.79 Å². The van der Waals surface area contributed by atoms with Crippen LogP contribution in [0.15, 0.2) is 34.8 Å². The van der Waals surface area contributed by atoms with E-state index < -0.39 is 11.9 Å². The highest BCUT2D eigenvalue weighted by Gasteiger charge is 2.09. The number of anilines is 2. The number of aromatic carboxylic acids is 1. The van der Waals surface area contributed by atoms with Gasteiger partial charge in [-0.25, -0.2) is 9.78 Å². The molecule has 6 nitrogen and oxygen atoms in total. The molecule has 2 aromatic rings. The van der Waals surface area contributed by atoms with Gasteiger partial charge in [0.15, 0.2) is 0 Å². The van der Waals surface area contributed by atoms with Gasteiger partial charge in [-0.1, -0.05) is 0 Å². The van der Waals surface area contributed by atoms with Crippen LogP contribution < -0.4 is 11.1 Å². The molecule has 0 radical (unpaired) electrons. The molecule has 0 atom stereocenters. The van der Waals surface area contributed by atoms with Crippen LogP contribution >= 0.6 is 15.9 Å². The van der Waals surface area contributed by atoms with Crippen molar-refractivity contribution >= 4 is 39.3 Å². The van der Waals surface area contributed by atoms with Gasteiger partial charge in [-0.05, 0) is 53.2 Å². The van der Waals surface area contributed by atoms with Crippen LogP contribution in [-0.2, 0) is 0 Å². The molecule has 108 valence electrons. The third kappa shape index (κ3) is 3.57. The van der Waals surface area contributed by atoms with Crippen molar-refractivity contribution < 1.29 is 14.7 Å². The van der Waals surface area contributed by atoms with E-state index in [4.69, 9.17) is 10.8 Å². The maximum Gasteiger partial charge on any atom is 0.335 e. The number of nitrogens with two attached hydrogens (primary N) is 1. The number of nitrogens with one attached hydrogen (secondary N) is 1. The fourth-order valence-electron chi connectivity index (χ4n) is 1.76. The van der Waals surface area contributed by atoms with Gasteiger partial charge in [0.1, 0.15) is 5.82 Å². The Morgan fingerprint density at radius 3 is 2.52 bits per heavy atom. The van der Waals surface area contributed by atoms with Gasteiger partial charge in [0, 0.05) is 15.7 Å². The monoisotopic (exact) mass is 349 g/mol. The molecule has 2 rings (SSSR count). The summed E-state index contributed by atoms with van der Waals surface area (Å²) >= 11 is 3.29. The Kier molecular flexibility index (Phi) is 4.23. The average molecular weight is 350 g/mol. The number of primary amides is 1. The molecule has 1 amide bonds. The zero-order valence-electron chi connectivity index (χ0n) is 11.1. The molecule has 0 fully saturated rings. The number of aryl methyl sites for hydroxylation is 1. The summed E-state index contributed by atoms with van der Waals surface area (Å²) < 4.78 is 0.575. The Balaban J connectivity index is 2.34. The summed E-state index contributed by atoms with van der Waals surface area (Å²) in [5.74, 6) is -1.09. The van der Waals surface area contributed by atoms with Crippen LogP contribution in [0.2, 0.25) is 0 Å². The summed E-state index contributed by atoms with van der Waals surface area (Å²) in [4.78, 5) is 26.4. The number of hydrogen-bond donors (Lipinski definition) is 3. The molecular weight excluding hydrogens is 338 g/mol. The summed E-state index contributed by atoms with van der Waals surface area (Å²) in [6, 6.07) is 7.69. The van der Waals surface area contributed by atoms with E-state index in [1.54, 1.807) is 19.1 Å². The predicted octanol–water partition coefficient (Wildman–Crippen LogP) is 2.69. The first kappa shape index (κ1) is 15.0. The second-order valence-electron chi connectivity index (χ2n) is 4.37. The summed E-state index contributed by atoms with van der Waals surface area (Å²) in [7, 11) is 0. The van der Waals surface area contributed by atoms with Crippen molar-refractivity contribution in [3.8, 4) is 0 Å². The molecule has 0 aliphatic heterocycles. The highest BCUT2D eigenvalue weighted by Crippen LogP contribution is 2.26. The maximum absolute atomic E-state index is 11.2. The number of nitrogens with zero attached hydrogens (tertiary/aromatic N) is 1. The minimum atomic E-state index is -1.01. The molecule has 1 heterocycles. The Labute approximate surface area is 129 Å². The van der Waals surface area contributed by atoms with Crippen LogP contribution in [0.25, 0.3) is 0 Å². The van der Waals surface area contributed by atoms with E-state index in [9.17, 15) is 9.59 Å². The molecule has 21 heavy (non-hydrogen) atoms. The van der Waals surface area contributed by atoms with Gasteiger partial charge in [0.05, 0.1) is 11.3 Å². The van der Waals surface area contributed by atoms with Crippen LogP contribution in [0, 0.1) is 6.92 Å². The highest BCUT2D eigenvalue weighted by atomic mass is 79.9. The molecule has 7 heteroatoms. The third-order valence-corrected chi connectivity index (χ3v) is 3.37. The summed E-state index contributed by atoms with van der Waals surface area (Å²) in [5, 5.41) is 11.9. The molecule has 0 aliphatic carbocycles. The van der Waals surface area contributed by atoms with E-state index in [1.165, 1.54) is 18.2 Å². The molecule has 0 unspecified atom stereocenters. The Hall–Kier alpha value is -2.41. The van der Waals surface area contributed by atoms with Gasteiger partial charge >= 0.3 is 5.97 Å². The zero-order valence-corrected chi connectivity index (χ0v) is 12.6. The number of halogens is 1. The number of pyridine rings is 1. The first-order valence-corrected chi connectivity index (χ1v) is 6.74. The minimum absolute atomic E-state index is 0.169. The fraction of sp³-hybridized carbons (Fsp3) is 0.0714. The Morgan fingerprint density at radius 1 is 1.24 bits per heavy atom. The number of aromatic nitrogens is 1. The van der Waals surface area contributed by atoms with E-state index in [1.807, 2.05) is 0 Å². The zero-order chi connectivity index (χ0) is 15.6. The Morgan fingerprint density at radius 2 is 1.95 bits per heavy atom. The fourth-order valence-corrected chi connectivity index (χ4v) is 2.24. The van der Waals surface area contributed by atoms with Crippen LogP contribution in [0.4, 0.5) is 11.5 Å². The summed E-state index contributed by atoms with van der Waals surface area (Å²) in [6.45, 7) is 1.75. The van der Waals surface area contributed by atoms with Gasteiger partial charge in [0.2, 0.25) is 5.91 Å². The predicted molar refractivity (Wildman–Crippen MR) is 81.9 cm³/mol. The molecule has 1 aromatic heterocycles. The SMILES string of the molecule is Cc1cc(C(N)=O)cc(Nc2ccc(C(=O)O)cc2Br)n1. The van der Waals surface area contributed by atoms with Crippen molar-refractivity contribution in [2.45, 2.75) is 6.92 Å². The van der Waals surface area contributed by atoms with Crippen LogP contribution in [0.5, 0.6) is 0 Å². The first-order chi connectivity index (χ1) is 9.86. The van der Waals surface area contributed by atoms with E-state index in [-0.39, 0.29) is 5.56 Å². The molecule has 1 aromatic carbocycles. The molecule has 0 saturated carbocycles. The largest absolute Gasteiger partial charge is 0.478 e. The van der Waals surface area contributed by atoms with Gasteiger partial charge in [-0.15, -0.1) is 0 Å². The molecule has 0 bridgehead atoms. The van der Waals surface area contributed by atoms with E-state index in [0.717, 1.165) is 0 Å². The number of carbonyl (C=O) groups excluding carboxylic acids is 1. The molecule has 0 aliphatic rings. The van der Waals surface area contributed by atoms with Crippen molar-refractivity contribution in [1.29, 1.82) is 0 Å². The lowest BCUT2D eigenvalue weighted by Crippen LogP contribution is -2.12. The van der Waals surface area contributed by atoms with Gasteiger partial charge in [-0.2, -0.15) is 0 Å². The van der Waals surface area contributed by atoms with Crippen molar-refractivity contribution in [3.63, 3.8) is 0 Å². The van der Waals surface area contributed by atoms with Crippen LogP contribution in [0.3, 0.4) is 0 Å². The molecule has 0 spiro atoms. The van der Waals surface area contributed by atoms with Gasteiger partial charge in [0.25, 0.3) is 0 Å². The third-order valence-electron chi connectivity index (χ3n) is 2.72. The second-order valence-corrected chi connectivity index (χ2v) is 5.23. The number of carboxylic acid groups (broad SMARTS) is 1. The lowest BCUT2D eigenvalue weighted by atomic mass is 10.2. The number of hydrogen-bond acceptors (Lipinski definition) is 4. The van der Waals surface area contributed by atoms with E-state index in [2.05, 4.69) is 26.2 Å². The quantitative estimate of drug-likeness (QED) is 0.786. The number of carbonyl (C=O) groups is 2. The van der Waals surface area contributed by atoms with Crippen molar-refractivity contribution in [3.05, 3.63) is 51.6 Å². The van der Waals surface area contributed by atoms with Crippen LogP contribution in [-0.4, -0.2) is 22.0 Å². The van der Waals surface area contributed by atoms with Crippen molar-refractivity contribution in [1.82, 2.24) is 4.98 Å². The number of amides is 1. The molecular formula is C14H12BrN3O3. The summed E-state index contributed by atoms with van der Waals surface area (Å²) in [5.41, 5.74) is 7.06. The normalized spacial score (nSPS) is 10.2. The van der Waals surface area contributed by atoms with Gasteiger partial charge < -0.3 is 16.2 Å². The second kappa shape index (κ2) is 5.92. The summed E-state index contributed by atoms with van der Waals surface area (Å²) in [6.07, 6.45) is 0. The number of benzene rings is 1. The van der Waals surface area contributed by atoms with Crippen LogP contribution in [0.1, 0.15) is 26.4 Å².